The minimum Gasteiger partial charge on any atom is -0.449 e. The normalized spacial score (nSPS) is 43.5. The molecule has 3 fully saturated rings. The van der Waals surface area contributed by atoms with Gasteiger partial charge in [0, 0.05) is 29.1 Å². The molecule has 38 heavy (non-hydrogen) atoms. The van der Waals surface area contributed by atoms with E-state index in [1.54, 1.807) is 13.8 Å². The molecule has 1 N–H and O–H groups in total. The van der Waals surface area contributed by atoms with Crippen molar-refractivity contribution in [3.05, 3.63) is 36.5 Å². The van der Waals surface area contributed by atoms with E-state index in [9.17, 15) is 19.5 Å². The van der Waals surface area contributed by atoms with Crippen LogP contribution >= 0.6 is 12.6 Å². The number of hydrogen-bond donors (Lipinski definition) is 2. The van der Waals surface area contributed by atoms with Gasteiger partial charge < -0.3 is 9.84 Å². The van der Waals surface area contributed by atoms with Crippen LogP contribution in [0.3, 0.4) is 0 Å². The van der Waals surface area contributed by atoms with E-state index in [1.165, 1.54) is 19.1 Å². The average molecular weight is 551 g/mol. The van der Waals surface area contributed by atoms with Crippen molar-refractivity contribution in [3.63, 3.8) is 0 Å². The highest BCUT2D eigenvalue weighted by atomic mass is 32.1. The highest BCUT2D eigenvalue weighted by Gasteiger charge is 2.77. The Morgan fingerprint density at radius 3 is 2.55 bits per heavy atom. The predicted octanol–water partition coefficient (Wildman–Crippen LogP) is 5.82. The molecule has 0 aliphatic heterocycles. The maximum Gasteiger partial charge on any atom is 0.306 e. The molecule has 4 aliphatic carbocycles. The number of alkyl halides is 2. The number of rotatable bonds is 9. The quantitative estimate of drug-likeness (QED) is 0.164. The molecule has 0 spiro atoms. The van der Waals surface area contributed by atoms with Crippen LogP contribution in [0, 0.1) is 28.6 Å². The standard InChI is InChI=1S/C30H40F2O5S/c1-5-6-7-8-9-10-11-25(35)37-30(26(36)38)18(2)14-20-21-16-23(31)22-15-19(33)12-13-27(22,3)29(21,32)24(34)17-28(20,30)4/h5,12-13,15,18,20-21,23-24,34H,1,6-11,14,16-17H2,2-4H3,(H,36,38)/t18-,20+,21+,23+,24+,27+,28?,29+,30+/m1/s1. The fraction of sp³-hybridized carbons (Fsp3) is 0.700. The second kappa shape index (κ2) is 10.3. The molecular formula is C30H40F2O5S. The van der Waals surface area contributed by atoms with Crippen molar-refractivity contribution in [2.75, 3.05) is 0 Å². The first-order chi connectivity index (χ1) is 17.8. The Balaban J connectivity index is 1.65. The van der Waals surface area contributed by atoms with E-state index in [-0.39, 0.29) is 24.8 Å². The number of aliphatic hydroxyl groups is 1. The zero-order valence-electron chi connectivity index (χ0n) is 22.6. The monoisotopic (exact) mass is 550 g/mol. The fourth-order valence-electron chi connectivity index (χ4n) is 8.38. The largest absolute Gasteiger partial charge is 0.449 e. The first kappa shape index (κ1) is 29.2. The minimum absolute atomic E-state index is 0.0495. The molecule has 3 saturated carbocycles. The van der Waals surface area contributed by atoms with Gasteiger partial charge in [-0.1, -0.05) is 38.8 Å². The van der Waals surface area contributed by atoms with Crippen LogP contribution in [0.4, 0.5) is 8.78 Å². The van der Waals surface area contributed by atoms with Gasteiger partial charge in [-0.25, -0.2) is 8.78 Å². The second-order valence-corrected chi connectivity index (χ2v) is 12.7. The lowest BCUT2D eigenvalue weighted by atomic mass is 9.44. The number of aliphatic hydroxyl groups excluding tert-OH is 1. The molecule has 0 aromatic carbocycles. The first-order valence-corrected chi connectivity index (χ1v) is 14.3. The van der Waals surface area contributed by atoms with Gasteiger partial charge in [0.05, 0.1) is 6.10 Å². The molecule has 0 bridgehead atoms. The lowest BCUT2D eigenvalue weighted by Crippen LogP contribution is -2.70. The molecule has 5 nitrogen and oxygen atoms in total. The number of carbonyl (C=O) groups is 3. The summed E-state index contributed by atoms with van der Waals surface area (Å²) in [5.41, 5.74) is -6.52. The third kappa shape index (κ3) is 4.07. The molecule has 0 saturated heterocycles. The van der Waals surface area contributed by atoms with Crippen LogP contribution < -0.4 is 0 Å². The Morgan fingerprint density at radius 2 is 1.89 bits per heavy atom. The Bertz CT molecular complexity index is 1070. The lowest BCUT2D eigenvalue weighted by molar-refractivity contribution is -0.228. The molecule has 4 aliphatic rings. The third-order valence-electron chi connectivity index (χ3n) is 10.3. The van der Waals surface area contributed by atoms with Gasteiger partial charge in [-0.2, -0.15) is 0 Å². The number of fused-ring (bicyclic) bond motifs is 5. The summed E-state index contributed by atoms with van der Waals surface area (Å²) >= 11 is 4.19. The molecule has 9 atom stereocenters. The van der Waals surface area contributed by atoms with Gasteiger partial charge in [-0.15, -0.1) is 19.2 Å². The van der Waals surface area contributed by atoms with Crippen LogP contribution in [0.5, 0.6) is 0 Å². The number of allylic oxidation sites excluding steroid dienone is 5. The van der Waals surface area contributed by atoms with E-state index in [4.69, 9.17) is 4.74 Å². The van der Waals surface area contributed by atoms with Crippen LogP contribution in [-0.2, 0) is 19.1 Å². The number of thiol groups is 1. The number of ether oxygens (including phenoxy) is 1. The van der Waals surface area contributed by atoms with E-state index < -0.39 is 69.0 Å². The minimum atomic E-state index is -2.26. The smallest absolute Gasteiger partial charge is 0.306 e. The maximum absolute atomic E-state index is 17.3. The summed E-state index contributed by atoms with van der Waals surface area (Å²) in [5.74, 6) is -2.92. The summed E-state index contributed by atoms with van der Waals surface area (Å²) in [4.78, 5) is 38.3. The molecule has 0 aromatic rings. The van der Waals surface area contributed by atoms with Gasteiger partial charge in [-0.05, 0) is 69.1 Å². The molecule has 1 unspecified atom stereocenters. The van der Waals surface area contributed by atoms with Gasteiger partial charge >= 0.3 is 5.97 Å². The lowest BCUT2D eigenvalue weighted by Gasteiger charge is -2.63. The average Bonchev–Trinajstić information content (AvgIpc) is 3.06. The Labute approximate surface area is 229 Å². The van der Waals surface area contributed by atoms with Gasteiger partial charge in [-0.3, -0.25) is 14.4 Å². The van der Waals surface area contributed by atoms with Crippen molar-refractivity contribution in [3.8, 4) is 0 Å². The highest BCUT2D eigenvalue weighted by molar-refractivity contribution is 7.96. The number of carbonyl (C=O) groups excluding carboxylic acids is 3. The van der Waals surface area contributed by atoms with Crippen molar-refractivity contribution < 1.29 is 33.0 Å². The van der Waals surface area contributed by atoms with Crippen molar-refractivity contribution in [2.24, 2.45) is 28.6 Å². The summed E-state index contributed by atoms with van der Waals surface area (Å²) in [6, 6.07) is 0. The molecular weight excluding hydrogens is 510 g/mol. The van der Waals surface area contributed by atoms with Crippen LogP contribution in [0.25, 0.3) is 0 Å². The number of esters is 1. The van der Waals surface area contributed by atoms with Crippen LogP contribution in [0.15, 0.2) is 36.5 Å². The molecule has 210 valence electrons. The van der Waals surface area contributed by atoms with E-state index in [2.05, 4.69) is 19.2 Å². The molecule has 0 heterocycles. The van der Waals surface area contributed by atoms with Crippen LogP contribution in [-0.4, -0.2) is 45.5 Å². The summed E-state index contributed by atoms with van der Waals surface area (Å²) in [5, 5.41) is 10.9. The molecule has 0 amide bonds. The van der Waals surface area contributed by atoms with Gasteiger partial charge in [0.15, 0.2) is 17.1 Å². The van der Waals surface area contributed by atoms with Crippen molar-refractivity contribution in [2.45, 2.75) is 102 Å². The summed E-state index contributed by atoms with van der Waals surface area (Å²) in [7, 11) is 0. The topological polar surface area (TPSA) is 80.7 Å². The Hall–Kier alpha value is -1.80. The fourth-order valence-corrected chi connectivity index (χ4v) is 8.90. The van der Waals surface area contributed by atoms with E-state index >= 15 is 8.78 Å². The SMILES string of the molecule is C=CCCCCCCC(=O)O[C@]1(C(=O)S)[C@H](C)C[C@H]2[C@@H]3C[C@H](F)C4=CC(=O)C=C[C@]4(C)[C@@]3(F)[C@@H](O)CC21C. The molecule has 0 aromatic heterocycles. The molecule has 8 heteroatoms. The van der Waals surface area contributed by atoms with Crippen LogP contribution in [0.1, 0.15) is 78.6 Å². The summed E-state index contributed by atoms with van der Waals surface area (Å²) < 4.78 is 39.0. The summed E-state index contributed by atoms with van der Waals surface area (Å²) in [6.45, 7) is 8.78. The maximum atomic E-state index is 17.3. The number of unbranched alkanes of at least 4 members (excludes halogenated alkanes) is 4. The van der Waals surface area contributed by atoms with E-state index in [1.807, 2.05) is 6.08 Å². The first-order valence-electron chi connectivity index (χ1n) is 13.8. The highest BCUT2D eigenvalue weighted by Crippen LogP contribution is 2.71. The van der Waals surface area contributed by atoms with Gasteiger partial charge in [0.2, 0.25) is 5.12 Å². The summed E-state index contributed by atoms with van der Waals surface area (Å²) in [6.07, 6.45) is 6.90. The Kier molecular flexibility index (Phi) is 7.92. The van der Waals surface area contributed by atoms with Gasteiger partial charge in [0.25, 0.3) is 0 Å². The zero-order chi connectivity index (χ0) is 28.1. The van der Waals surface area contributed by atoms with E-state index in [0.717, 1.165) is 31.8 Å². The number of hydrogen-bond acceptors (Lipinski definition) is 5. The second-order valence-electron chi connectivity index (χ2n) is 12.3. The van der Waals surface area contributed by atoms with Crippen molar-refractivity contribution in [1.29, 1.82) is 0 Å². The number of ketones is 1. The van der Waals surface area contributed by atoms with E-state index in [0.29, 0.717) is 12.8 Å². The molecule has 0 radical (unpaired) electrons. The van der Waals surface area contributed by atoms with Crippen molar-refractivity contribution >= 4 is 29.5 Å². The zero-order valence-corrected chi connectivity index (χ0v) is 23.4. The molecule has 4 rings (SSSR count). The predicted molar refractivity (Wildman–Crippen MR) is 144 cm³/mol. The number of halogens is 2. The van der Waals surface area contributed by atoms with Gasteiger partial charge in [0.1, 0.15) is 6.17 Å². The Morgan fingerprint density at radius 1 is 1.21 bits per heavy atom. The van der Waals surface area contributed by atoms with Crippen LogP contribution in [0.2, 0.25) is 0 Å². The third-order valence-corrected chi connectivity index (χ3v) is 10.6. The van der Waals surface area contributed by atoms with Crippen molar-refractivity contribution in [1.82, 2.24) is 0 Å².